The van der Waals surface area contributed by atoms with Crippen LogP contribution < -0.4 is 15.4 Å². The molecule has 1 atom stereocenters. The van der Waals surface area contributed by atoms with Crippen LogP contribution in [0.2, 0.25) is 5.02 Å². The number of halogens is 1. The van der Waals surface area contributed by atoms with Crippen molar-refractivity contribution in [2.24, 2.45) is 0 Å². The number of ether oxygens (including phenoxy) is 1. The lowest BCUT2D eigenvalue weighted by molar-refractivity contribution is -0.124. The molecule has 0 radical (unpaired) electrons. The number of nitrogens with one attached hydrogen (secondary N) is 2. The van der Waals surface area contributed by atoms with Gasteiger partial charge in [0.25, 0.3) is 5.91 Å². The molecular weight excluding hydrogens is 432 g/mol. The molecule has 2 fully saturated rings. The Morgan fingerprint density at radius 2 is 2.00 bits per heavy atom. The van der Waals surface area contributed by atoms with E-state index in [9.17, 15) is 18.0 Å². The minimum Gasteiger partial charge on any atom is -0.482 e. The van der Waals surface area contributed by atoms with Crippen LogP contribution in [0.15, 0.2) is 17.0 Å². The molecule has 1 aromatic rings. The third-order valence-electron chi connectivity index (χ3n) is 5.69. The third-order valence-corrected chi connectivity index (χ3v) is 8.06. The Kier molecular flexibility index (Phi) is 6.19. The molecule has 164 valence electrons. The van der Waals surface area contributed by atoms with E-state index >= 15 is 0 Å². The van der Waals surface area contributed by atoms with E-state index < -0.39 is 16.1 Å². The van der Waals surface area contributed by atoms with Gasteiger partial charge in [-0.2, -0.15) is 4.31 Å². The lowest BCUT2D eigenvalue weighted by Crippen LogP contribution is -2.47. The summed E-state index contributed by atoms with van der Waals surface area (Å²) in [6, 6.07) is 1.91. The van der Waals surface area contributed by atoms with E-state index in [1.807, 2.05) is 0 Å². The van der Waals surface area contributed by atoms with Crippen LogP contribution in [0.4, 0.5) is 5.69 Å². The van der Waals surface area contributed by atoms with E-state index in [0.717, 1.165) is 19.6 Å². The highest BCUT2D eigenvalue weighted by molar-refractivity contribution is 7.89. The second-order valence-corrected chi connectivity index (χ2v) is 10.00. The number of carbonyl (C=O) groups excluding carboxylic acids is 2. The molecule has 0 unspecified atom stereocenters. The molecule has 0 bridgehead atoms. The predicted octanol–water partition coefficient (Wildman–Crippen LogP) is 1.04. The smallest absolute Gasteiger partial charge is 0.262 e. The summed E-state index contributed by atoms with van der Waals surface area (Å²) in [4.78, 5) is 26.3. The first kappa shape index (κ1) is 21.4. The number of likely N-dealkylation sites (tertiary alicyclic amines) is 1. The second kappa shape index (κ2) is 8.70. The van der Waals surface area contributed by atoms with Crippen molar-refractivity contribution in [3.8, 4) is 5.75 Å². The Hall–Kier alpha value is -1.88. The van der Waals surface area contributed by atoms with E-state index in [-0.39, 0.29) is 40.6 Å². The molecule has 0 saturated carbocycles. The van der Waals surface area contributed by atoms with Crippen molar-refractivity contribution in [3.05, 3.63) is 17.2 Å². The topological polar surface area (TPSA) is 108 Å². The first-order valence-electron chi connectivity index (χ1n) is 10.1. The fraction of sp³-hybridized carbons (Fsp3) is 0.579. The fourth-order valence-electron chi connectivity index (χ4n) is 4.16. The number of hydrogen-bond donors (Lipinski definition) is 2. The van der Waals surface area contributed by atoms with Gasteiger partial charge in [-0.15, -0.1) is 0 Å². The summed E-state index contributed by atoms with van der Waals surface area (Å²) in [5.41, 5.74) is 0.327. The highest BCUT2D eigenvalue weighted by atomic mass is 35.5. The van der Waals surface area contributed by atoms with Crippen molar-refractivity contribution in [2.45, 2.75) is 36.6 Å². The Morgan fingerprint density at radius 1 is 1.23 bits per heavy atom. The van der Waals surface area contributed by atoms with Crippen molar-refractivity contribution < 1.29 is 22.7 Å². The van der Waals surface area contributed by atoms with Gasteiger partial charge in [0.15, 0.2) is 6.61 Å². The Bertz CT molecular complexity index is 948. The van der Waals surface area contributed by atoms with Crippen LogP contribution in [0, 0.1) is 0 Å². The fourth-order valence-corrected chi connectivity index (χ4v) is 6.33. The van der Waals surface area contributed by atoms with Gasteiger partial charge in [-0.25, -0.2) is 8.42 Å². The molecule has 0 spiro atoms. The summed E-state index contributed by atoms with van der Waals surface area (Å²) in [5, 5.41) is 5.45. The molecule has 0 aliphatic carbocycles. The minimum absolute atomic E-state index is 0.0281. The zero-order chi connectivity index (χ0) is 21.3. The van der Waals surface area contributed by atoms with Crippen molar-refractivity contribution in [1.29, 1.82) is 0 Å². The number of nitrogens with zero attached hydrogens (tertiary/aromatic N) is 2. The molecule has 4 rings (SSSR count). The number of fused-ring (bicyclic) bond motifs is 1. The van der Waals surface area contributed by atoms with Crippen LogP contribution in [-0.4, -0.2) is 74.8 Å². The standard InChI is InChI=1S/C19H25ClN4O5S/c20-13-10-14-16(29-12-18(25)22-14)11-17(13)30(27,28)24-8-3-4-15(24)19(26)21-5-9-23-6-1-2-7-23/h10-11,15H,1-9,12H2,(H,21,26)(H,22,25)/t15-/m1/s1. The summed E-state index contributed by atoms with van der Waals surface area (Å²) in [5.74, 6) is -0.379. The maximum absolute atomic E-state index is 13.3. The summed E-state index contributed by atoms with van der Waals surface area (Å²) in [7, 11) is -4.01. The maximum atomic E-state index is 13.3. The molecule has 30 heavy (non-hydrogen) atoms. The Morgan fingerprint density at radius 3 is 2.77 bits per heavy atom. The summed E-state index contributed by atoms with van der Waals surface area (Å²) in [6.07, 6.45) is 3.41. The van der Waals surface area contributed by atoms with Crippen LogP contribution in [0.1, 0.15) is 25.7 Å². The van der Waals surface area contributed by atoms with Gasteiger partial charge in [-0.05, 0) is 44.8 Å². The van der Waals surface area contributed by atoms with E-state index in [1.54, 1.807) is 0 Å². The summed E-state index contributed by atoms with van der Waals surface area (Å²) < 4.78 is 33.2. The largest absolute Gasteiger partial charge is 0.482 e. The SMILES string of the molecule is O=C1COc2cc(S(=O)(=O)N3CCC[C@@H]3C(=O)NCCN3CCCC3)c(Cl)cc2N1. The Balaban J connectivity index is 1.48. The maximum Gasteiger partial charge on any atom is 0.262 e. The van der Waals surface area contributed by atoms with Gasteiger partial charge in [-0.3, -0.25) is 9.59 Å². The van der Waals surface area contributed by atoms with Crippen molar-refractivity contribution in [2.75, 3.05) is 44.6 Å². The van der Waals surface area contributed by atoms with Crippen molar-refractivity contribution in [3.63, 3.8) is 0 Å². The number of sulfonamides is 1. The van der Waals surface area contributed by atoms with Gasteiger partial charge in [0.1, 0.15) is 16.7 Å². The average Bonchev–Trinajstić information content (AvgIpc) is 3.39. The molecule has 3 aliphatic rings. The molecule has 11 heteroatoms. The lowest BCUT2D eigenvalue weighted by Gasteiger charge is -2.25. The number of anilines is 1. The van der Waals surface area contributed by atoms with Gasteiger partial charge in [-0.1, -0.05) is 11.6 Å². The van der Waals surface area contributed by atoms with Crippen molar-refractivity contribution in [1.82, 2.24) is 14.5 Å². The highest BCUT2D eigenvalue weighted by Gasteiger charge is 2.40. The van der Waals surface area contributed by atoms with Crippen LogP contribution in [-0.2, 0) is 19.6 Å². The summed E-state index contributed by atoms with van der Waals surface area (Å²) in [6.45, 7) is 3.40. The number of benzene rings is 1. The zero-order valence-electron chi connectivity index (χ0n) is 16.5. The quantitative estimate of drug-likeness (QED) is 0.662. The molecule has 2 amide bonds. The summed E-state index contributed by atoms with van der Waals surface area (Å²) >= 11 is 6.24. The van der Waals surface area contributed by atoms with E-state index in [1.165, 1.54) is 29.3 Å². The van der Waals surface area contributed by atoms with Gasteiger partial charge < -0.3 is 20.3 Å². The number of carbonyl (C=O) groups is 2. The van der Waals surface area contributed by atoms with Crippen LogP contribution in [0.3, 0.4) is 0 Å². The minimum atomic E-state index is -4.01. The van der Waals surface area contributed by atoms with Crippen molar-refractivity contribution >= 4 is 39.1 Å². The lowest BCUT2D eigenvalue weighted by atomic mass is 10.2. The second-order valence-electron chi connectivity index (χ2n) is 7.73. The molecule has 3 aliphatic heterocycles. The van der Waals surface area contributed by atoms with E-state index in [0.29, 0.717) is 25.1 Å². The van der Waals surface area contributed by atoms with Crippen LogP contribution in [0.25, 0.3) is 0 Å². The molecule has 3 heterocycles. The molecular formula is C19H25ClN4O5S. The van der Waals surface area contributed by atoms with Gasteiger partial charge >= 0.3 is 0 Å². The number of amides is 2. The molecule has 2 saturated heterocycles. The molecule has 2 N–H and O–H groups in total. The number of hydrogen-bond acceptors (Lipinski definition) is 6. The average molecular weight is 457 g/mol. The number of rotatable bonds is 6. The first-order valence-corrected chi connectivity index (χ1v) is 12.0. The van der Waals surface area contributed by atoms with Crippen LogP contribution in [0.5, 0.6) is 5.75 Å². The van der Waals surface area contributed by atoms with Gasteiger partial charge in [0.2, 0.25) is 15.9 Å². The normalized spacial score (nSPS) is 22.4. The molecule has 1 aromatic carbocycles. The van der Waals surface area contributed by atoms with Gasteiger partial charge in [0, 0.05) is 25.7 Å². The van der Waals surface area contributed by atoms with Gasteiger partial charge in [0.05, 0.1) is 10.7 Å². The molecule has 9 nitrogen and oxygen atoms in total. The highest BCUT2D eigenvalue weighted by Crippen LogP contribution is 2.38. The third kappa shape index (κ3) is 4.27. The van der Waals surface area contributed by atoms with E-state index in [4.69, 9.17) is 16.3 Å². The Labute approximate surface area is 180 Å². The predicted molar refractivity (Wildman–Crippen MR) is 111 cm³/mol. The molecule has 0 aromatic heterocycles. The van der Waals surface area contributed by atoms with E-state index in [2.05, 4.69) is 15.5 Å². The van der Waals surface area contributed by atoms with Crippen LogP contribution >= 0.6 is 11.6 Å². The first-order chi connectivity index (χ1) is 14.4. The zero-order valence-corrected chi connectivity index (χ0v) is 18.1. The monoisotopic (exact) mass is 456 g/mol.